The summed E-state index contributed by atoms with van der Waals surface area (Å²) in [6, 6.07) is 11.0. The van der Waals surface area contributed by atoms with Crippen LogP contribution in [0.15, 0.2) is 42.5 Å². The summed E-state index contributed by atoms with van der Waals surface area (Å²) in [5.41, 5.74) is 8.51. The number of carbonyl (C=O) groups is 2. The van der Waals surface area contributed by atoms with Gasteiger partial charge in [0.25, 0.3) is 5.91 Å². The van der Waals surface area contributed by atoms with Crippen molar-refractivity contribution < 1.29 is 18.7 Å². The highest BCUT2D eigenvalue weighted by molar-refractivity contribution is 5.96. The zero-order valence-electron chi connectivity index (χ0n) is 15.2. The van der Waals surface area contributed by atoms with Crippen molar-refractivity contribution in [2.45, 2.75) is 38.3 Å². The van der Waals surface area contributed by atoms with E-state index in [4.69, 9.17) is 10.5 Å². The highest BCUT2D eigenvalue weighted by Crippen LogP contribution is 2.26. The fourth-order valence-electron chi connectivity index (χ4n) is 2.81. The van der Waals surface area contributed by atoms with Gasteiger partial charge in [0, 0.05) is 12.1 Å². The van der Waals surface area contributed by atoms with Gasteiger partial charge in [-0.3, -0.25) is 9.59 Å². The molecule has 0 spiro atoms. The zero-order chi connectivity index (χ0) is 19.4. The van der Waals surface area contributed by atoms with E-state index in [1.54, 1.807) is 6.07 Å². The molecule has 0 unspecified atom stereocenters. The first-order valence-electron chi connectivity index (χ1n) is 9.11. The molecule has 2 aromatic rings. The average molecular weight is 370 g/mol. The molecule has 1 aliphatic carbocycles. The minimum Gasteiger partial charge on any atom is -0.461 e. The van der Waals surface area contributed by atoms with Crippen LogP contribution in [0.5, 0.6) is 0 Å². The van der Waals surface area contributed by atoms with E-state index in [1.165, 1.54) is 12.1 Å². The molecule has 5 nitrogen and oxygen atoms in total. The molecule has 3 N–H and O–H groups in total. The second-order valence-electron chi connectivity index (χ2n) is 6.69. The molecular formula is C21H23FN2O3. The van der Waals surface area contributed by atoms with Gasteiger partial charge in [0.05, 0.1) is 0 Å². The number of carbonyl (C=O) groups excluding carboxylic acids is 2. The van der Waals surface area contributed by atoms with Gasteiger partial charge in [0.2, 0.25) is 0 Å². The summed E-state index contributed by atoms with van der Waals surface area (Å²) in [7, 11) is 0. The molecule has 0 radical (unpaired) electrons. The molecule has 1 atom stereocenters. The lowest BCUT2D eigenvalue weighted by atomic mass is 9.96. The van der Waals surface area contributed by atoms with Crippen LogP contribution in [0.3, 0.4) is 0 Å². The van der Waals surface area contributed by atoms with Crippen LogP contribution >= 0.6 is 0 Å². The van der Waals surface area contributed by atoms with Gasteiger partial charge in [-0.2, -0.15) is 0 Å². The van der Waals surface area contributed by atoms with Gasteiger partial charge in [-0.15, -0.1) is 0 Å². The first kappa shape index (κ1) is 19.0. The van der Waals surface area contributed by atoms with Gasteiger partial charge in [-0.25, -0.2) is 4.39 Å². The molecule has 2 aromatic carbocycles. The molecule has 6 heteroatoms. The van der Waals surface area contributed by atoms with Crippen LogP contribution in [0.4, 0.5) is 4.39 Å². The van der Waals surface area contributed by atoms with E-state index in [1.807, 2.05) is 31.2 Å². The van der Waals surface area contributed by atoms with Crippen LogP contribution in [0.1, 0.15) is 35.7 Å². The predicted octanol–water partition coefficient (Wildman–Crippen LogP) is 2.82. The van der Waals surface area contributed by atoms with Crippen molar-refractivity contribution >= 4 is 11.9 Å². The smallest absolute Gasteiger partial charge is 0.325 e. The maximum absolute atomic E-state index is 14.1. The Morgan fingerprint density at radius 1 is 1.26 bits per heavy atom. The number of benzene rings is 2. The van der Waals surface area contributed by atoms with E-state index in [2.05, 4.69) is 5.32 Å². The standard InChI is InChI=1S/C21H23FN2O3/c1-2-13-5-3-4-6-18(13)14-9-15(11-16(22)10-14)20(25)24-12-19(23)21(26)27-17-7-8-17/h3-6,9-11,17,19H,2,7-8,12,23H2,1H3,(H,24,25)/t19-/m1/s1. The Hall–Kier alpha value is -2.73. The summed E-state index contributed by atoms with van der Waals surface area (Å²) in [5, 5.41) is 2.58. The number of amides is 1. The van der Waals surface area contributed by atoms with Gasteiger partial charge in [-0.1, -0.05) is 31.2 Å². The summed E-state index contributed by atoms with van der Waals surface area (Å²) < 4.78 is 19.2. The highest BCUT2D eigenvalue weighted by Gasteiger charge is 2.28. The Labute approximate surface area is 157 Å². The maximum Gasteiger partial charge on any atom is 0.325 e. The molecule has 0 aromatic heterocycles. The van der Waals surface area contributed by atoms with Gasteiger partial charge < -0.3 is 15.8 Å². The van der Waals surface area contributed by atoms with Crippen molar-refractivity contribution in [3.05, 3.63) is 59.4 Å². The van der Waals surface area contributed by atoms with Crippen LogP contribution < -0.4 is 11.1 Å². The Balaban J connectivity index is 1.71. The number of esters is 1. The maximum atomic E-state index is 14.1. The van der Waals surface area contributed by atoms with Crippen molar-refractivity contribution in [2.24, 2.45) is 5.73 Å². The molecule has 27 heavy (non-hydrogen) atoms. The largest absolute Gasteiger partial charge is 0.461 e. The second kappa shape index (κ2) is 8.31. The van der Waals surface area contributed by atoms with Gasteiger partial charge >= 0.3 is 5.97 Å². The van der Waals surface area contributed by atoms with Crippen LogP contribution in [0.25, 0.3) is 11.1 Å². The Bertz CT molecular complexity index is 849. The summed E-state index contributed by atoms with van der Waals surface area (Å²) in [6.45, 7) is 1.95. The lowest BCUT2D eigenvalue weighted by Gasteiger charge is -2.13. The molecule has 1 fully saturated rings. The molecule has 0 bridgehead atoms. The molecule has 0 heterocycles. The monoisotopic (exact) mass is 370 g/mol. The SMILES string of the molecule is CCc1ccccc1-c1cc(F)cc(C(=O)NC[C@@H](N)C(=O)OC2CC2)c1. The summed E-state index contributed by atoms with van der Waals surface area (Å²) >= 11 is 0. The van der Waals surface area contributed by atoms with Crippen LogP contribution in [0, 0.1) is 5.82 Å². The van der Waals surface area contributed by atoms with Crippen molar-refractivity contribution in [2.75, 3.05) is 6.54 Å². The Morgan fingerprint density at radius 3 is 2.70 bits per heavy atom. The number of hydrogen-bond acceptors (Lipinski definition) is 4. The van der Waals surface area contributed by atoms with E-state index >= 15 is 0 Å². The zero-order valence-corrected chi connectivity index (χ0v) is 15.2. The van der Waals surface area contributed by atoms with E-state index in [0.717, 1.165) is 30.4 Å². The quantitative estimate of drug-likeness (QED) is 0.735. The molecule has 1 saturated carbocycles. The van der Waals surface area contributed by atoms with Crippen LogP contribution in [-0.2, 0) is 16.0 Å². The normalized spacial score (nSPS) is 14.5. The van der Waals surface area contributed by atoms with E-state index in [9.17, 15) is 14.0 Å². The van der Waals surface area contributed by atoms with Gasteiger partial charge in [-0.05, 0) is 54.2 Å². The van der Waals surface area contributed by atoms with E-state index < -0.39 is 23.7 Å². The van der Waals surface area contributed by atoms with Crippen LogP contribution in [-0.4, -0.2) is 30.6 Å². The molecule has 1 amide bonds. The number of aryl methyl sites for hydroxylation is 1. The third kappa shape index (κ3) is 4.92. The number of hydrogen-bond donors (Lipinski definition) is 2. The number of halogens is 1. The Morgan fingerprint density at radius 2 is 2.00 bits per heavy atom. The van der Waals surface area contributed by atoms with Crippen molar-refractivity contribution in [3.8, 4) is 11.1 Å². The number of rotatable bonds is 7. The minimum absolute atomic E-state index is 0.0383. The summed E-state index contributed by atoms with van der Waals surface area (Å²) in [5.74, 6) is -1.52. The molecule has 1 aliphatic rings. The fourth-order valence-corrected chi connectivity index (χ4v) is 2.81. The minimum atomic E-state index is -0.941. The lowest BCUT2D eigenvalue weighted by molar-refractivity contribution is -0.146. The van der Waals surface area contributed by atoms with Gasteiger partial charge in [0.1, 0.15) is 18.0 Å². The lowest BCUT2D eigenvalue weighted by Crippen LogP contribution is -2.43. The van der Waals surface area contributed by atoms with E-state index in [0.29, 0.717) is 5.56 Å². The predicted molar refractivity (Wildman–Crippen MR) is 101 cm³/mol. The average Bonchev–Trinajstić information content (AvgIpc) is 3.49. The summed E-state index contributed by atoms with van der Waals surface area (Å²) in [6.07, 6.45) is 2.47. The van der Waals surface area contributed by atoms with Gasteiger partial charge in [0.15, 0.2) is 0 Å². The first-order valence-corrected chi connectivity index (χ1v) is 9.11. The number of ether oxygens (including phenoxy) is 1. The highest BCUT2D eigenvalue weighted by atomic mass is 19.1. The second-order valence-corrected chi connectivity index (χ2v) is 6.69. The van der Waals surface area contributed by atoms with Crippen molar-refractivity contribution in [1.82, 2.24) is 5.32 Å². The first-order chi connectivity index (χ1) is 13.0. The topological polar surface area (TPSA) is 81.4 Å². The number of nitrogens with one attached hydrogen (secondary N) is 1. The van der Waals surface area contributed by atoms with E-state index in [-0.39, 0.29) is 18.2 Å². The molecule has 0 aliphatic heterocycles. The molecule has 0 saturated heterocycles. The molecule has 3 rings (SSSR count). The fraction of sp³-hybridized carbons (Fsp3) is 0.333. The summed E-state index contributed by atoms with van der Waals surface area (Å²) in [4.78, 5) is 24.2. The molecular weight excluding hydrogens is 347 g/mol. The third-order valence-electron chi connectivity index (χ3n) is 4.46. The number of nitrogens with two attached hydrogens (primary N) is 1. The van der Waals surface area contributed by atoms with Crippen LogP contribution in [0.2, 0.25) is 0 Å². The Kier molecular flexibility index (Phi) is 5.86. The molecule has 142 valence electrons. The third-order valence-corrected chi connectivity index (χ3v) is 4.46. The van der Waals surface area contributed by atoms with Crippen molar-refractivity contribution in [1.29, 1.82) is 0 Å². The van der Waals surface area contributed by atoms with Crippen molar-refractivity contribution in [3.63, 3.8) is 0 Å².